The van der Waals surface area contributed by atoms with Crippen LogP contribution in [0.3, 0.4) is 0 Å². The lowest BCUT2D eigenvalue weighted by molar-refractivity contribution is 0.255. The molecule has 0 heterocycles. The second-order valence-corrected chi connectivity index (χ2v) is 4.21. The highest BCUT2D eigenvalue weighted by Crippen LogP contribution is 2.31. The first kappa shape index (κ1) is 10.1. The van der Waals surface area contributed by atoms with Gasteiger partial charge in [-0.2, -0.15) is 0 Å². The molecule has 1 aliphatic rings. The number of hydrogen-bond acceptors (Lipinski definition) is 0. The lowest BCUT2D eigenvalue weighted by Crippen LogP contribution is -2.15. The third kappa shape index (κ3) is 2.80. The van der Waals surface area contributed by atoms with E-state index in [4.69, 9.17) is 0 Å². The van der Waals surface area contributed by atoms with Gasteiger partial charge in [-0.1, -0.05) is 65.2 Å². The average Bonchev–Trinajstić information content (AvgIpc) is 2.05. The minimum absolute atomic E-state index is 0.940. The molecule has 1 radical (unpaired) electrons. The van der Waals surface area contributed by atoms with Crippen molar-refractivity contribution in [2.24, 2.45) is 11.8 Å². The van der Waals surface area contributed by atoms with E-state index in [9.17, 15) is 0 Å². The predicted molar refractivity (Wildman–Crippen MR) is 54.9 cm³/mol. The van der Waals surface area contributed by atoms with E-state index in [1.807, 2.05) is 0 Å². The smallest absolute Gasteiger partial charge is 0.0386 e. The van der Waals surface area contributed by atoms with Gasteiger partial charge in [-0.25, -0.2) is 0 Å². The maximum atomic E-state index is 4.08. The van der Waals surface area contributed by atoms with Crippen molar-refractivity contribution >= 4 is 0 Å². The van der Waals surface area contributed by atoms with Crippen LogP contribution in [-0.4, -0.2) is 0 Å². The van der Waals surface area contributed by atoms with Crippen LogP contribution in [0.15, 0.2) is 0 Å². The first-order valence-corrected chi connectivity index (χ1v) is 5.67. The van der Waals surface area contributed by atoms with Gasteiger partial charge in [-0.15, -0.1) is 0 Å². The van der Waals surface area contributed by atoms with Crippen LogP contribution >= 0.6 is 0 Å². The molecule has 1 aliphatic carbocycles. The Balaban J connectivity index is 2.39. The van der Waals surface area contributed by atoms with Gasteiger partial charge in [-0.05, 0) is 11.8 Å². The summed E-state index contributed by atoms with van der Waals surface area (Å²) in [6, 6.07) is 0. The van der Waals surface area contributed by atoms with Crippen LogP contribution in [0.1, 0.15) is 58.3 Å². The Morgan fingerprint density at radius 2 is 1.58 bits per heavy atom. The molecular formula is C12H23. The molecule has 0 heteroatoms. The monoisotopic (exact) mass is 167 g/mol. The SMILES string of the molecule is [CH2]CC1CCCCCCC1CC. The topological polar surface area (TPSA) is 0 Å². The van der Waals surface area contributed by atoms with Crippen molar-refractivity contribution in [2.75, 3.05) is 0 Å². The van der Waals surface area contributed by atoms with Crippen molar-refractivity contribution in [3.8, 4) is 0 Å². The highest BCUT2D eigenvalue weighted by molar-refractivity contribution is 4.72. The van der Waals surface area contributed by atoms with Crippen LogP contribution in [0.25, 0.3) is 0 Å². The van der Waals surface area contributed by atoms with Gasteiger partial charge in [0.15, 0.2) is 0 Å². The zero-order valence-electron chi connectivity index (χ0n) is 8.52. The lowest BCUT2D eigenvalue weighted by Gasteiger charge is -2.27. The molecule has 0 saturated heterocycles. The zero-order valence-corrected chi connectivity index (χ0v) is 8.52. The van der Waals surface area contributed by atoms with Crippen LogP contribution < -0.4 is 0 Å². The first-order valence-electron chi connectivity index (χ1n) is 5.67. The van der Waals surface area contributed by atoms with Crippen LogP contribution in [0.2, 0.25) is 0 Å². The van der Waals surface area contributed by atoms with Crippen molar-refractivity contribution in [3.05, 3.63) is 6.92 Å². The fourth-order valence-electron chi connectivity index (χ4n) is 2.56. The standard InChI is InChI=1S/C12H23/c1-3-11-9-7-5-6-8-10-12(11)4-2/h11-12H,1,3-10H2,2H3. The number of hydrogen-bond donors (Lipinski definition) is 0. The first-order chi connectivity index (χ1) is 5.88. The van der Waals surface area contributed by atoms with E-state index in [0.29, 0.717) is 0 Å². The van der Waals surface area contributed by atoms with Crippen molar-refractivity contribution in [1.29, 1.82) is 0 Å². The van der Waals surface area contributed by atoms with Gasteiger partial charge in [0.05, 0.1) is 0 Å². The Kier molecular flexibility index (Phi) is 4.72. The summed E-state index contributed by atoms with van der Waals surface area (Å²) in [7, 11) is 0. The van der Waals surface area contributed by atoms with Gasteiger partial charge in [0.1, 0.15) is 0 Å². The van der Waals surface area contributed by atoms with E-state index in [1.54, 1.807) is 0 Å². The minimum Gasteiger partial charge on any atom is -0.0651 e. The summed E-state index contributed by atoms with van der Waals surface area (Å²) in [6.07, 6.45) is 11.3. The molecule has 0 amide bonds. The minimum atomic E-state index is 0.940. The Morgan fingerprint density at radius 1 is 1.00 bits per heavy atom. The molecule has 1 saturated carbocycles. The van der Waals surface area contributed by atoms with Crippen LogP contribution in [0.5, 0.6) is 0 Å². The molecule has 2 atom stereocenters. The van der Waals surface area contributed by atoms with Crippen LogP contribution in [0, 0.1) is 18.8 Å². The Morgan fingerprint density at radius 3 is 2.08 bits per heavy atom. The molecule has 0 aromatic carbocycles. The summed E-state index contributed by atoms with van der Waals surface area (Å²) in [5.74, 6) is 1.93. The summed E-state index contributed by atoms with van der Waals surface area (Å²) in [5.41, 5.74) is 0. The fourth-order valence-corrected chi connectivity index (χ4v) is 2.56. The summed E-state index contributed by atoms with van der Waals surface area (Å²) in [4.78, 5) is 0. The normalized spacial score (nSPS) is 32.5. The zero-order chi connectivity index (χ0) is 8.81. The van der Waals surface area contributed by atoms with Gasteiger partial charge in [-0.3, -0.25) is 0 Å². The molecule has 0 nitrogen and oxygen atoms in total. The quantitative estimate of drug-likeness (QED) is 0.578. The van der Waals surface area contributed by atoms with Crippen molar-refractivity contribution < 1.29 is 0 Å². The molecule has 0 bridgehead atoms. The van der Waals surface area contributed by atoms with E-state index in [1.165, 1.54) is 51.4 Å². The lowest BCUT2D eigenvalue weighted by atomic mass is 9.79. The van der Waals surface area contributed by atoms with Gasteiger partial charge in [0.2, 0.25) is 0 Å². The van der Waals surface area contributed by atoms with Crippen molar-refractivity contribution in [1.82, 2.24) is 0 Å². The van der Waals surface area contributed by atoms with E-state index in [2.05, 4.69) is 13.8 Å². The molecule has 0 aromatic heterocycles. The van der Waals surface area contributed by atoms with E-state index < -0.39 is 0 Å². The molecule has 71 valence electrons. The maximum absolute atomic E-state index is 4.08. The van der Waals surface area contributed by atoms with Gasteiger partial charge in [0, 0.05) is 0 Å². The maximum Gasteiger partial charge on any atom is -0.0386 e. The largest absolute Gasteiger partial charge is 0.0651 e. The molecule has 0 N–H and O–H groups in total. The van der Waals surface area contributed by atoms with Crippen LogP contribution in [0.4, 0.5) is 0 Å². The highest BCUT2D eigenvalue weighted by atomic mass is 14.2. The predicted octanol–water partition coefficient (Wildman–Crippen LogP) is 4.21. The third-order valence-corrected chi connectivity index (χ3v) is 3.46. The third-order valence-electron chi connectivity index (χ3n) is 3.46. The second-order valence-electron chi connectivity index (χ2n) is 4.21. The molecule has 0 aromatic rings. The Labute approximate surface area is 77.7 Å². The summed E-state index contributed by atoms with van der Waals surface area (Å²) in [5, 5.41) is 0. The molecule has 1 rings (SSSR count). The average molecular weight is 167 g/mol. The summed E-state index contributed by atoms with van der Waals surface area (Å²) < 4.78 is 0. The molecular weight excluding hydrogens is 144 g/mol. The van der Waals surface area contributed by atoms with Gasteiger partial charge in [0.25, 0.3) is 0 Å². The van der Waals surface area contributed by atoms with Crippen molar-refractivity contribution in [3.63, 3.8) is 0 Å². The van der Waals surface area contributed by atoms with E-state index in [0.717, 1.165) is 11.8 Å². The molecule has 0 aliphatic heterocycles. The second kappa shape index (κ2) is 5.61. The molecule has 12 heavy (non-hydrogen) atoms. The number of rotatable bonds is 2. The highest BCUT2D eigenvalue weighted by Gasteiger charge is 2.19. The Hall–Kier alpha value is 0. The van der Waals surface area contributed by atoms with Crippen LogP contribution in [-0.2, 0) is 0 Å². The summed E-state index contributed by atoms with van der Waals surface area (Å²) in [6.45, 7) is 6.42. The molecule has 0 spiro atoms. The molecule has 1 fully saturated rings. The molecule has 2 unspecified atom stereocenters. The van der Waals surface area contributed by atoms with Gasteiger partial charge >= 0.3 is 0 Å². The van der Waals surface area contributed by atoms with E-state index in [-0.39, 0.29) is 0 Å². The Bertz CT molecular complexity index is 92.6. The van der Waals surface area contributed by atoms with Crippen molar-refractivity contribution in [2.45, 2.75) is 58.3 Å². The summed E-state index contributed by atoms with van der Waals surface area (Å²) >= 11 is 0. The fraction of sp³-hybridized carbons (Fsp3) is 0.917. The van der Waals surface area contributed by atoms with E-state index >= 15 is 0 Å². The van der Waals surface area contributed by atoms with Gasteiger partial charge < -0.3 is 0 Å².